The van der Waals surface area contributed by atoms with Crippen molar-refractivity contribution in [2.24, 2.45) is 0 Å². The molecule has 1 saturated heterocycles. The highest BCUT2D eigenvalue weighted by Crippen LogP contribution is 2.22. The van der Waals surface area contributed by atoms with Crippen molar-refractivity contribution < 1.29 is 0 Å². The number of thioether (sulfide) groups is 1. The van der Waals surface area contributed by atoms with E-state index in [1.54, 1.807) is 0 Å². The van der Waals surface area contributed by atoms with Crippen LogP contribution in [0, 0.1) is 0 Å². The van der Waals surface area contributed by atoms with Gasteiger partial charge in [0.1, 0.15) is 0 Å². The fourth-order valence-corrected chi connectivity index (χ4v) is 3.32. The van der Waals surface area contributed by atoms with Crippen LogP contribution in [0.15, 0.2) is 18.2 Å². The van der Waals surface area contributed by atoms with Crippen molar-refractivity contribution >= 4 is 35.0 Å². The van der Waals surface area contributed by atoms with Crippen LogP contribution in [0.2, 0.25) is 10.0 Å². The smallest absolute Gasteiger partial charge is 0.0451 e. The molecule has 1 atom stereocenters. The standard InChI is InChI=1S/C12H15Cl2NS/c13-10-3-4-12(14)9(6-10)7-15-11-2-1-5-16-8-11/h3-4,6,11,15H,1-2,5,7-8H2. The van der Waals surface area contributed by atoms with Gasteiger partial charge in [0.05, 0.1) is 0 Å². The van der Waals surface area contributed by atoms with Gasteiger partial charge in [-0.1, -0.05) is 23.2 Å². The molecule has 0 bridgehead atoms. The first-order valence-corrected chi connectivity index (χ1v) is 7.42. The van der Waals surface area contributed by atoms with Gasteiger partial charge in [0.25, 0.3) is 0 Å². The monoisotopic (exact) mass is 275 g/mol. The molecule has 1 unspecified atom stereocenters. The molecule has 4 heteroatoms. The van der Waals surface area contributed by atoms with Gasteiger partial charge in [0, 0.05) is 28.4 Å². The fraction of sp³-hybridized carbons (Fsp3) is 0.500. The Morgan fingerprint density at radius 2 is 2.25 bits per heavy atom. The summed E-state index contributed by atoms with van der Waals surface area (Å²) in [6.45, 7) is 0.810. The Morgan fingerprint density at radius 3 is 3.00 bits per heavy atom. The molecule has 1 fully saturated rings. The van der Waals surface area contributed by atoms with E-state index in [-0.39, 0.29) is 0 Å². The van der Waals surface area contributed by atoms with Gasteiger partial charge in [-0.05, 0) is 42.4 Å². The summed E-state index contributed by atoms with van der Waals surface area (Å²) < 4.78 is 0. The Labute approximate surface area is 111 Å². The van der Waals surface area contributed by atoms with E-state index in [4.69, 9.17) is 23.2 Å². The zero-order chi connectivity index (χ0) is 11.4. The summed E-state index contributed by atoms with van der Waals surface area (Å²) in [6, 6.07) is 6.24. The van der Waals surface area contributed by atoms with E-state index in [2.05, 4.69) is 5.32 Å². The maximum Gasteiger partial charge on any atom is 0.0451 e. The Bertz CT molecular complexity index is 351. The maximum atomic E-state index is 6.11. The second kappa shape index (κ2) is 6.15. The molecule has 1 nitrogen and oxygen atoms in total. The van der Waals surface area contributed by atoms with Gasteiger partial charge in [-0.3, -0.25) is 0 Å². The SMILES string of the molecule is Clc1ccc(Cl)c(CNC2CCCSC2)c1. The van der Waals surface area contributed by atoms with Crippen molar-refractivity contribution in [3.63, 3.8) is 0 Å². The normalized spacial score (nSPS) is 21.0. The molecule has 1 N–H and O–H groups in total. The Balaban J connectivity index is 1.90. The third-order valence-corrected chi connectivity index (χ3v) is 4.57. The topological polar surface area (TPSA) is 12.0 Å². The zero-order valence-electron chi connectivity index (χ0n) is 9.01. The number of halogens is 2. The van der Waals surface area contributed by atoms with Crippen molar-refractivity contribution in [1.82, 2.24) is 5.32 Å². The molecule has 0 aliphatic carbocycles. The lowest BCUT2D eigenvalue weighted by Crippen LogP contribution is -2.33. The fourth-order valence-electron chi connectivity index (χ4n) is 1.83. The quantitative estimate of drug-likeness (QED) is 0.896. The molecular formula is C12H15Cl2NS. The molecule has 1 aliphatic heterocycles. The average Bonchev–Trinajstić information content (AvgIpc) is 2.32. The Morgan fingerprint density at radius 1 is 1.38 bits per heavy atom. The van der Waals surface area contributed by atoms with Crippen LogP contribution in [-0.2, 0) is 6.54 Å². The van der Waals surface area contributed by atoms with Crippen LogP contribution in [0.1, 0.15) is 18.4 Å². The number of benzene rings is 1. The summed E-state index contributed by atoms with van der Waals surface area (Å²) in [5.74, 6) is 2.51. The van der Waals surface area contributed by atoms with E-state index in [0.717, 1.165) is 22.2 Å². The second-order valence-electron chi connectivity index (χ2n) is 4.03. The van der Waals surface area contributed by atoms with Gasteiger partial charge in [-0.25, -0.2) is 0 Å². The van der Waals surface area contributed by atoms with Crippen molar-refractivity contribution in [2.45, 2.75) is 25.4 Å². The van der Waals surface area contributed by atoms with Gasteiger partial charge < -0.3 is 5.32 Å². The molecule has 0 spiro atoms. The first-order chi connectivity index (χ1) is 7.75. The van der Waals surface area contributed by atoms with E-state index < -0.39 is 0 Å². The molecule has 1 heterocycles. The highest BCUT2D eigenvalue weighted by Gasteiger charge is 2.13. The number of nitrogens with one attached hydrogen (secondary N) is 1. The average molecular weight is 276 g/mol. The minimum atomic E-state index is 0.619. The predicted octanol–water partition coefficient (Wildman–Crippen LogP) is 3.98. The van der Waals surface area contributed by atoms with Crippen LogP contribution in [0.25, 0.3) is 0 Å². The number of hydrogen-bond donors (Lipinski definition) is 1. The van der Waals surface area contributed by atoms with Crippen LogP contribution in [-0.4, -0.2) is 17.5 Å². The van der Waals surface area contributed by atoms with Crippen LogP contribution in [0.4, 0.5) is 0 Å². The van der Waals surface area contributed by atoms with Crippen molar-refractivity contribution in [3.8, 4) is 0 Å². The molecule has 0 amide bonds. The molecule has 2 rings (SSSR count). The minimum absolute atomic E-state index is 0.619. The molecule has 0 aromatic heterocycles. The van der Waals surface area contributed by atoms with Crippen LogP contribution < -0.4 is 5.32 Å². The highest BCUT2D eigenvalue weighted by molar-refractivity contribution is 7.99. The molecule has 16 heavy (non-hydrogen) atoms. The number of rotatable bonds is 3. The second-order valence-corrected chi connectivity index (χ2v) is 6.02. The molecule has 88 valence electrons. The van der Waals surface area contributed by atoms with Crippen molar-refractivity contribution in [1.29, 1.82) is 0 Å². The van der Waals surface area contributed by atoms with Gasteiger partial charge >= 0.3 is 0 Å². The molecule has 1 aliphatic rings. The van der Waals surface area contributed by atoms with Gasteiger partial charge in [0.15, 0.2) is 0 Å². The lowest BCUT2D eigenvalue weighted by molar-refractivity contribution is 0.508. The van der Waals surface area contributed by atoms with E-state index in [1.807, 2.05) is 30.0 Å². The Kier molecular flexibility index (Phi) is 4.83. The summed E-state index contributed by atoms with van der Waals surface area (Å²) in [6.07, 6.45) is 2.58. The summed E-state index contributed by atoms with van der Waals surface area (Å²) in [4.78, 5) is 0. The molecule has 0 radical (unpaired) electrons. The van der Waals surface area contributed by atoms with Crippen molar-refractivity contribution in [2.75, 3.05) is 11.5 Å². The minimum Gasteiger partial charge on any atom is -0.309 e. The molecule has 0 saturated carbocycles. The summed E-state index contributed by atoms with van der Waals surface area (Å²) in [5.41, 5.74) is 1.09. The molecule has 1 aromatic rings. The third-order valence-electron chi connectivity index (χ3n) is 2.75. The highest BCUT2D eigenvalue weighted by atomic mass is 35.5. The lowest BCUT2D eigenvalue weighted by atomic mass is 10.1. The van der Waals surface area contributed by atoms with E-state index in [1.165, 1.54) is 24.3 Å². The maximum absolute atomic E-state index is 6.11. The van der Waals surface area contributed by atoms with Crippen LogP contribution in [0.3, 0.4) is 0 Å². The first-order valence-electron chi connectivity index (χ1n) is 5.51. The zero-order valence-corrected chi connectivity index (χ0v) is 11.3. The van der Waals surface area contributed by atoms with Crippen LogP contribution >= 0.6 is 35.0 Å². The van der Waals surface area contributed by atoms with E-state index in [9.17, 15) is 0 Å². The third kappa shape index (κ3) is 3.56. The van der Waals surface area contributed by atoms with Gasteiger partial charge in [0.2, 0.25) is 0 Å². The van der Waals surface area contributed by atoms with Crippen LogP contribution in [0.5, 0.6) is 0 Å². The first kappa shape index (κ1) is 12.6. The summed E-state index contributed by atoms with van der Waals surface area (Å²) in [7, 11) is 0. The van der Waals surface area contributed by atoms with E-state index >= 15 is 0 Å². The van der Waals surface area contributed by atoms with Gasteiger partial charge in [-0.15, -0.1) is 0 Å². The van der Waals surface area contributed by atoms with Gasteiger partial charge in [-0.2, -0.15) is 11.8 Å². The van der Waals surface area contributed by atoms with E-state index in [0.29, 0.717) is 6.04 Å². The predicted molar refractivity (Wildman–Crippen MR) is 73.6 cm³/mol. The number of hydrogen-bond acceptors (Lipinski definition) is 2. The molecular weight excluding hydrogens is 261 g/mol. The Hall–Kier alpha value is 0.110. The van der Waals surface area contributed by atoms with Crippen molar-refractivity contribution in [3.05, 3.63) is 33.8 Å². The molecule has 1 aromatic carbocycles. The lowest BCUT2D eigenvalue weighted by Gasteiger charge is -2.22. The summed E-state index contributed by atoms with van der Waals surface area (Å²) in [5, 5.41) is 5.08. The largest absolute Gasteiger partial charge is 0.309 e. The summed E-state index contributed by atoms with van der Waals surface area (Å²) >= 11 is 14.1.